The molecule has 0 radical (unpaired) electrons. The van der Waals surface area contributed by atoms with Crippen LogP contribution in [-0.2, 0) is 22.4 Å². The van der Waals surface area contributed by atoms with Crippen LogP contribution in [0, 0.1) is 0 Å². The van der Waals surface area contributed by atoms with Gasteiger partial charge in [0, 0.05) is 20.0 Å². The van der Waals surface area contributed by atoms with E-state index in [4.69, 9.17) is 0 Å². The minimum Gasteiger partial charge on any atom is -0.435 e. The lowest BCUT2D eigenvalue weighted by molar-refractivity contribution is -0.133. The summed E-state index contributed by atoms with van der Waals surface area (Å²) < 4.78 is 28.7. The highest BCUT2D eigenvalue weighted by Gasteiger charge is 2.30. The van der Waals surface area contributed by atoms with Gasteiger partial charge in [-0.25, -0.2) is 0 Å². The van der Waals surface area contributed by atoms with Crippen molar-refractivity contribution in [2.75, 3.05) is 13.1 Å². The Bertz CT molecular complexity index is 855. The maximum atomic E-state index is 12.5. The largest absolute Gasteiger partial charge is 0.435 e. The zero-order valence-corrected chi connectivity index (χ0v) is 16.2. The highest BCUT2D eigenvalue weighted by Crippen LogP contribution is 2.32. The Kier molecular flexibility index (Phi) is 6.80. The van der Waals surface area contributed by atoms with Crippen LogP contribution >= 0.6 is 0 Å². The fourth-order valence-electron chi connectivity index (χ4n) is 3.68. The molecule has 2 aromatic rings. The highest BCUT2D eigenvalue weighted by molar-refractivity contribution is 5.79. The zero-order chi connectivity index (χ0) is 20.8. The number of benzene rings is 2. The van der Waals surface area contributed by atoms with Crippen LogP contribution in [0.15, 0.2) is 48.5 Å². The molecular formula is C22H24F2N2O3. The Morgan fingerprint density at radius 2 is 1.90 bits per heavy atom. The number of nitrogens with zero attached hydrogens (tertiary/aromatic N) is 1. The minimum atomic E-state index is -2.85. The number of rotatable bonds is 7. The van der Waals surface area contributed by atoms with Gasteiger partial charge in [0.2, 0.25) is 11.8 Å². The molecule has 3 rings (SSSR count). The molecule has 5 nitrogen and oxygen atoms in total. The molecule has 1 aliphatic heterocycles. The van der Waals surface area contributed by atoms with Crippen LogP contribution in [0.3, 0.4) is 0 Å². The second-order valence-electron chi connectivity index (χ2n) is 7.00. The predicted octanol–water partition coefficient (Wildman–Crippen LogP) is 3.48. The van der Waals surface area contributed by atoms with E-state index < -0.39 is 6.61 Å². The number of amides is 2. The van der Waals surface area contributed by atoms with Crippen molar-refractivity contribution in [3.05, 3.63) is 65.2 Å². The maximum Gasteiger partial charge on any atom is 0.387 e. The van der Waals surface area contributed by atoms with E-state index >= 15 is 0 Å². The fourth-order valence-corrected chi connectivity index (χ4v) is 3.68. The molecule has 1 heterocycles. The SMILES string of the molecule is CC(=O)N1CCc2ccccc2C1CC(=O)NCCc1ccc(OC(F)F)cc1. The van der Waals surface area contributed by atoms with Gasteiger partial charge in [0.1, 0.15) is 5.75 Å². The summed E-state index contributed by atoms with van der Waals surface area (Å²) in [6.45, 7) is -0.292. The van der Waals surface area contributed by atoms with Gasteiger partial charge in [-0.15, -0.1) is 0 Å². The van der Waals surface area contributed by atoms with Gasteiger partial charge < -0.3 is 15.0 Å². The first kappa shape index (κ1) is 20.8. The molecular weight excluding hydrogens is 378 g/mol. The summed E-state index contributed by atoms with van der Waals surface area (Å²) in [4.78, 5) is 26.3. The van der Waals surface area contributed by atoms with Gasteiger partial charge in [0.25, 0.3) is 0 Å². The number of fused-ring (bicyclic) bond motifs is 1. The molecule has 0 bridgehead atoms. The summed E-state index contributed by atoms with van der Waals surface area (Å²) in [5.41, 5.74) is 3.10. The van der Waals surface area contributed by atoms with Crippen molar-refractivity contribution in [2.24, 2.45) is 0 Å². The summed E-state index contributed by atoms with van der Waals surface area (Å²) in [5.74, 6) is -0.0629. The predicted molar refractivity (Wildman–Crippen MR) is 105 cm³/mol. The molecule has 0 saturated carbocycles. The van der Waals surface area contributed by atoms with E-state index in [0.29, 0.717) is 19.5 Å². The number of alkyl halides is 2. The van der Waals surface area contributed by atoms with Crippen molar-refractivity contribution < 1.29 is 23.1 Å². The van der Waals surface area contributed by atoms with Gasteiger partial charge in [-0.05, 0) is 41.7 Å². The molecule has 1 N–H and O–H groups in total. The number of nitrogens with one attached hydrogen (secondary N) is 1. The molecule has 0 saturated heterocycles. The first-order valence-corrected chi connectivity index (χ1v) is 9.59. The Hall–Kier alpha value is -2.96. The van der Waals surface area contributed by atoms with Gasteiger partial charge in [-0.3, -0.25) is 9.59 Å². The summed E-state index contributed by atoms with van der Waals surface area (Å²) in [7, 11) is 0. The second-order valence-corrected chi connectivity index (χ2v) is 7.00. The van der Waals surface area contributed by atoms with E-state index in [-0.39, 0.29) is 30.0 Å². The van der Waals surface area contributed by atoms with Gasteiger partial charge in [0.15, 0.2) is 0 Å². The van der Waals surface area contributed by atoms with Crippen molar-refractivity contribution in [1.82, 2.24) is 10.2 Å². The van der Waals surface area contributed by atoms with Crippen LogP contribution in [0.25, 0.3) is 0 Å². The monoisotopic (exact) mass is 402 g/mol. The zero-order valence-electron chi connectivity index (χ0n) is 16.2. The molecule has 1 atom stereocenters. The van der Waals surface area contributed by atoms with Crippen molar-refractivity contribution in [3.8, 4) is 5.75 Å². The first-order chi connectivity index (χ1) is 13.9. The van der Waals surface area contributed by atoms with Crippen LogP contribution in [0.1, 0.15) is 36.1 Å². The van der Waals surface area contributed by atoms with E-state index in [9.17, 15) is 18.4 Å². The van der Waals surface area contributed by atoms with Crippen molar-refractivity contribution >= 4 is 11.8 Å². The fraction of sp³-hybridized carbons (Fsp3) is 0.364. The highest BCUT2D eigenvalue weighted by atomic mass is 19.3. The standard InChI is InChI=1S/C22H24F2N2O3/c1-15(27)26-13-11-17-4-2-3-5-19(17)20(26)14-21(28)25-12-10-16-6-8-18(9-7-16)29-22(23)24/h2-9,20,22H,10-14H2,1H3,(H,25,28). The normalized spacial score (nSPS) is 15.7. The molecule has 0 aliphatic carbocycles. The summed E-state index contributed by atoms with van der Waals surface area (Å²) in [5, 5.41) is 2.89. The minimum absolute atomic E-state index is 0.0385. The maximum absolute atomic E-state index is 12.5. The molecule has 154 valence electrons. The second kappa shape index (κ2) is 9.49. The Labute approximate surface area is 168 Å². The Morgan fingerprint density at radius 3 is 2.59 bits per heavy atom. The molecule has 2 aromatic carbocycles. The van der Waals surface area contributed by atoms with E-state index in [1.807, 2.05) is 24.3 Å². The van der Waals surface area contributed by atoms with E-state index in [0.717, 1.165) is 17.5 Å². The summed E-state index contributed by atoms with van der Waals surface area (Å²) >= 11 is 0. The van der Waals surface area contributed by atoms with Crippen molar-refractivity contribution in [3.63, 3.8) is 0 Å². The van der Waals surface area contributed by atoms with Crippen LogP contribution < -0.4 is 10.1 Å². The molecule has 7 heteroatoms. The van der Waals surface area contributed by atoms with Crippen molar-refractivity contribution in [1.29, 1.82) is 0 Å². The summed E-state index contributed by atoms with van der Waals surface area (Å²) in [6.07, 6.45) is 1.56. The van der Waals surface area contributed by atoms with Gasteiger partial charge in [-0.1, -0.05) is 36.4 Å². The first-order valence-electron chi connectivity index (χ1n) is 9.59. The van der Waals surface area contributed by atoms with Crippen LogP contribution in [0.5, 0.6) is 5.75 Å². The number of carbonyl (C=O) groups is 2. The van der Waals surface area contributed by atoms with Crippen LogP contribution in [0.4, 0.5) is 8.78 Å². The lowest BCUT2D eigenvalue weighted by atomic mass is 9.90. The average molecular weight is 402 g/mol. The molecule has 1 unspecified atom stereocenters. The third-order valence-electron chi connectivity index (χ3n) is 5.08. The van der Waals surface area contributed by atoms with Crippen LogP contribution in [0.2, 0.25) is 0 Å². The van der Waals surface area contributed by atoms with E-state index in [1.54, 1.807) is 17.0 Å². The molecule has 2 amide bonds. The summed E-state index contributed by atoms with van der Waals surface area (Å²) in [6, 6.07) is 14.0. The number of hydrogen-bond acceptors (Lipinski definition) is 3. The number of carbonyl (C=O) groups excluding carboxylic acids is 2. The quantitative estimate of drug-likeness (QED) is 0.771. The lowest BCUT2D eigenvalue weighted by Crippen LogP contribution is -2.41. The van der Waals surface area contributed by atoms with Gasteiger partial charge >= 0.3 is 6.61 Å². The molecule has 29 heavy (non-hydrogen) atoms. The molecule has 1 aliphatic rings. The number of ether oxygens (including phenoxy) is 1. The Morgan fingerprint density at radius 1 is 1.17 bits per heavy atom. The topological polar surface area (TPSA) is 58.6 Å². The van der Waals surface area contributed by atoms with E-state index in [2.05, 4.69) is 10.1 Å². The Balaban J connectivity index is 1.55. The van der Waals surface area contributed by atoms with Crippen molar-refractivity contribution in [2.45, 2.75) is 38.8 Å². The third kappa shape index (κ3) is 5.53. The molecule has 0 aromatic heterocycles. The molecule has 0 spiro atoms. The lowest BCUT2D eigenvalue weighted by Gasteiger charge is -2.36. The van der Waals surface area contributed by atoms with Crippen LogP contribution in [-0.4, -0.2) is 36.4 Å². The number of halogens is 2. The van der Waals surface area contributed by atoms with Gasteiger partial charge in [0.05, 0.1) is 12.5 Å². The van der Waals surface area contributed by atoms with Gasteiger partial charge in [-0.2, -0.15) is 8.78 Å². The molecule has 0 fully saturated rings. The smallest absolute Gasteiger partial charge is 0.387 e. The number of hydrogen-bond donors (Lipinski definition) is 1. The third-order valence-corrected chi connectivity index (χ3v) is 5.08. The average Bonchev–Trinajstić information content (AvgIpc) is 2.69. The van der Waals surface area contributed by atoms with E-state index in [1.165, 1.54) is 24.6 Å².